The van der Waals surface area contributed by atoms with Gasteiger partial charge in [-0.3, -0.25) is 19.7 Å². The van der Waals surface area contributed by atoms with E-state index in [1.54, 1.807) is 24.3 Å². The summed E-state index contributed by atoms with van der Waals surface area (Å²) in [7, 11) is 0. The van der Waals surface area contributed by atoms with Crippen molar-refractivity contribution in [2.24, 2.45) is 0 Å². The molecule has 0 spiro atoms. The third-order valence-electron chi connectivity index (χ3n) is 4.98. The summed E-state index contributed by atoms with van der Waals surface area (Å²) >= 11 is 0. The summed E-state index contributed by atoms with van der Waals surface area (Å²) in [5.74, 6) is -0.562. The van der Waals surface area contributed by atoms with Crippen LogP contribution in [0.5, 0.6) is 0 Å². The third kappa shape index (κ3) is 6.47. The smallest absolute Gasteiger partial charge is 0.270 e. The Bertz CT molecular complexity index is 1140. The van der Waals surface area contributed by atoms with Gasteiger partial charge in [0.15, 0.2) is 5.78 Å². The van der Waals surface area contributed by atoms with Crippen LogP contribution in [0.4, 0.5) is 5.69 Å². The molecular formula is C26H24N2O4. The number of nitro benzene ring substituents is 1. The van der Waals surface area contributed by atoms with Gasteiger partial charge in [-0.1, -0.05) is 72.3 Å². The largest absolute Gasteiger partial charge is 0.352 e. The number of benzene rings is 3. The van der Waals surface area contributed by atoms with Crippen LogP contribution < -0.4 is 5.32 Å². The zero-order chi connectivity index (χ0) is 22.9. The lowest BCUT2D eigenvalue weighted by Crippen LogP contribution is -2.28. The fraction of sp³-hybridized carbons (Fsp3) is 0.154. The van der Waals surface area contributed by atoms with Crippen molar-refractivity contribution < 1.29 is 14.5 Å². The van der Waals surface area contributed by atoms with E-state index in [0.29, 0.717) is 24.1 Å². The summed E-state index contributed by atoms with van der Waals surface area (Å²) in [4.78, 5) is 36.3. The Morgan fingerprint density at radius 2 is 1.69 bits per heavy atom. The zero-order valence-corrected chi connectivity index (χ0v) is 17.8. The molecule has 0 aliphatic carbocycles. The van der Waals surface area contributed by atoms with E-state index in [4.69, 9.17) is 0 Å². The number of aryl methyl sites for hydroxylation is 1. The first-order chi connectivity index (χ1) is 15.4. The van der Waals surface area contributed by atoms with Gasteiger partial charge in [0.2, 0.25) is 5.91 Å². The SMILES string of the molecule is Cc1ccc(C(=O)C/C(=C/c2cccc([N+](=O)[O-])c2)C(=O)NCCc2ccccc2)cc1. The minimum Gasteiger partial charge on any atom is -0.352 e. The van der Waals surface area contributed by atoms with Crippen LogP contribution in [0.2, 0.25) is 0 Å². The van der Waals surface area contributed by atoms with Crippen LogP contribution in [0.1, 0.15) is 33.5 Å². The van der Waals surface area contributed by atoms with E-state index < -0.39 is 4.92 Å². The topological polar surface area (TPSA) is 89.3 Å². The number of amides is 1. The van der Waals surface area contributed by atoms with Gasteiger partial charge in [-0.25, -0.2) is 0 Å². The van der Waals surface area contributed by atoms with Crippen LogP contribution in [0.25, 0.3) is 6.08 Å². The molecule has 3 rings (SSSR count). The maximum atomic E-state index is 12.9. The van der Waals surface area contributed by atoms with Gasteiger partial charge in [0.25, 0.3) is 5.69 Å². The molecule has 0 saturated heterocycles. The van der Waals surface area contributed by atoms with E-state index in [2.05, 4.69) is 5.32 Å². The lowest BCUT2D eigenvalue weighted by atomic mass is 9.99. The van der Waals surface area contributed by atoms with Crippen molar-refractivity contribution >= 4 is 23.5 Å². The molecule has 162 valence electrons. The molecule has 1 amide bonds. The van der Waals surface area contributed by atoms with E-state index >= 15 is 0 Å². The summed E-state index contributed by atoms with van der Waals surface area (Å²) in [5.41, 5.74) is 3.30. The number of nitrogens with zero attached hydrogens (tertiary/aromatic N) is 1. The van der Waals surface area contributed by atoms with E-state index in [9.17, 15) is 19.7 Å². The van der Waals surface area contributed by atoms with E-state index in [1.807, 2.05) is 49.4 Å². The number of rotatable bonds is 9. The Labute approximate surface area is 186 Å². The van der Waals surface area contributed by atoms with Crippen molar-refractivity contribution in [2.75, 3.05) is 6.54 Å². The van der Waals surface area contributed by atoms with Gasteiger partial charge in [-0.15, -0.1) is 0 Å². The second kappa shape index (κ2) is 10.8. The monoisotopic (exact) mass is 428 g/mol. The highest BCUT2D eigenvalue weighted by Gasteiger charge is 2.16. The predicted molar refractivity (Wildman–Crippen MR) is 124 cm³/mol. The van der Waals surface area contributed by atoms with Crippen molar-refractivity contribution in [3.63, 3.8) is 0 Å². The molecule has 3 aromatic rings. The highest BCUT2D eigenvalue weighted by atomic mass is 16.6. The van der Waals surface area contributed by atoms with Crippen LogP contribution in [0.3, 0.4) is 0 Å². The fourth-order valence-corrected chi connectivity index (χ4v) is 3.22. The van der Waals surface area contributed by atoms with Gasteiger partial charge in [0.1, 0.15) is 0 Å². The Morgan fingerprint density at radius 1 is 0.969 bits per heavy atom. The standard InChI is InChI=1S/C26H24N2O4/c1-19-10-12-22(13-11-19)25(29)18-23(16-21-8-5-9-24(17-21)28(31)32)26(30)27-15-14-20-6-3-2-4-7-20/h2-13,16-17H,14-15,18H2,1H3,(H,27,30)/b23-16-. The minimum absolute atomic E-state index is 0.0764. The second-order valence-electron chi connectivity index (χ2n) is 7.48. The molecule has 6 nitrogen and oxygen atoms in total. The Balaban J connectivity index is 1.80. The summed E-state index contributed by atoms with van der Waals surface area (Å²) in [5, 5.41) is 14.0. The molecular weight excluding hydrogens is 404 g/mol. The maximum absolute atomic E-state index is 12.9. The van der Waals surface area contributed by atoms with Gasteiger partial charge in [-0.05, 0) is 30.5 Å². The van der Waals surface area contributed by atoms with Gasteiger partial charge in [-0.2, -0.15) is 0 Å². The average molecular weight is 428 g/mol. The molecule has 32 heavy (non-hydrogen) atoms. The first-order valence-corrected chi connectivity index (χ1v) is 10.3. The minimum atomic E-state index is -0.492. The molecule has 1 N–H and O–H groups in total. The summed E-state index contributed by atoms with van der Waals surface area (Å²) in [6, 6.07) is 22.9. The molecule has 0 radical (unpaired) electrons. The highest BCUT2D eigenvalue weighted by Crippen LogP contribution is 2.19. The number of hydrogen-bond acceptors (Lipinski definition) is 4. The van der Waals surface area contributed by atoms with Crippen molar-refractivity contribution in [1.82, 2.24) is 5.32 Å². The Hall–Kier alpha value is -4.06. The molecule has 0 aromatic heterocycles. The third-order valence-corrected chi connectivity index (χ3v) is 4.98. The first-order valence-electron chi connectivity index (χ1n) is 10.3. The lowest BCUT2D eigenvalue weighted by molar-refractivity contribution is -0.384. The van der Waals surface area contributed by atoms with Crippen LogP contribution >= 0.6 is 0 Å². The number of non-ortho nitro benzene ring substituents is 1. The fourth-order valence-electron chi connectivity index (χ4n) is 3.22. The van der Waals surface area contributed by atoms with Crippen LogP contribution in [0.15, 0.2) is 84.4 Å². The van der Waals surface area contributed by atoms with Crippen molar-refractivity contribution in [3.8, 4) is 0 Å². The maximum Gasteiger partial charge on any atom is 0.270 e. The molecule has 6 heteroatoms. The molecule has 0 saturated carbocycles. The molecule has 3 aromatic carbocycles. The number of nitro groups is 1. The highest BCUT2D eigenvalue weighted by molar-refractivity contribution is 6.07. The average Bonchev–Trinajstić information content (AvgIpc) is 2.80. The number of carbonyl (C=O) groups excluding carboxylic acids is 2. The number of carbonyl (C=O) groups is 2. The van der Waals surface area contributed by atoms with Crippen LogP contribution in [-0.4, -0.2) is 23.2 Å². The van der Waals surface area contributed by atoms with E-state index in [0.717, 1.165) is 11.1 Å². The summed E-state index contributed by atoms with van der Waals surface area (Å²) < 4.78 is 0. The van der Waals surface area contributed by atoms with Crippen LogP contribution in [-0.2, 0) is 11.2 Å². The molecule has 0 bridgehead atoms. The normalized spacial score (nSPS) is 11.1. The van der Waals surface area contributed by atoms with Crippen molar-refractivity contribution in [2.45, 2.75) is 19.8 Å². The molecule has 0 unspecified atom stereocenters. The van der Waals surface area contributed by atoms with Gasteiger partial charge >= 0.3 is 0 Å². The molecule has 0 fully saturated rings. The molecule has 0 atom stereocenters. The van der Waals surface area contributed by atoms with Crippen LogP contribution in [0, 0.1) is 17.0 Å². The zero-order valence-electron chi connectivity index (χ0n) is 17.8. The number of ketones is 1. The quantitative estimate of drug-likeness (QED) is 0.227. The van der Waals surface area contributed by atoms with E-state index in [1.165, 1.54) is 18.2 Å². The number of Topliss-reactive ketones (excluding diaryl/α,β-unsaturated/α-hetero) is 1. The summed E-state index contributed by atoms with van der Waals surface area (Å²) in [6.07, 6.45) is 2.09. The first kappa shape index (κ1) is 22.6. The van der Waals surface area contributed by atoms with Gasteiger partial charge < -0.3 is 5.32 Å². The number of hydrogen-bond donors (Lipinski definition) is 1. The van der Waals surface area contributed by atoms with Crippen molar-refractivity contribution in [1.29, 1.82) is 0 Å². The van der Waals surface area contributed by atoms with E-state index in [-0.39, 0.29) is 29.4 Å². The van der Waals surface area contributed by atoms with Crippen molar-refractivity contribution in [3.05, 3.63) is 117 Å². The Kier molecular flexibility index (Phi) is 7.65. The predicted octanol–water partition coefficient (Wildman–Crippen LogP) is 4.92. The lowest BCUT2D eigenvalue weighted by Gasteiger charge is -2.10. The molecule has 0 aliphatic rings. The number of nitrogens with one attached hydrogen (secondary N) is 1. The Morgan fingerprint density at radius 3 is 2.38 bits per heavy atom. The summed E-state index contributed by atoms with van der Waals surface area (Å²) in [6.45, 7) is 2.34. The van der Waals surface area contributed by atoms with Gasteiger partial charge in [0.05, 0.1) is 4.92 Å². The molecule has 0 heterocycles. The molecule has 0 aliphatic heterocycles. The second-order valence-corrected chi connectivity index (χ2v) is 7.48. The van der Waals surface area contributed by atoms with Gasteiger partial charge in [0, 0.05) is 36.2 Å².